The van der Waals surface area contributed by atoms with Gasteiger partial charge in [0.2, 0.25) is 0 Å². The normalized spacial score (nSPS) is 20.0. The summed E-state index contributed by atoms with van der Waals surface area (Å²) < 4.78 is 0. The molecule has 1 aliphatic carbocycles. The lowest BCUT2D eigenvalue weighted by Gasteiger charge is -2.46. The van der Waals surface area contributed by atoms with Crippen molar-refractivity contribution in [1.29, 1.82) is 0 Å². The van der Waals surface area contributed by atoms with Crippen LogP contribution in [0.15, 0.2) is 23.0 Å². The van der Waals surface area contributed by atoms with Gasteiger partial charge in [0, 0.05) is 10.5 Å². The van der Waals surface area contributed by atoms with E-state index in [1.165, 1.54) is 10.9 Å². The third-order valence-electron chi connectivity index (χ3n) is 4.14. The first kappa shape index (κ1) is 20.3. The van der Waals surface area contributed by atoms with E-state index in [-0.39, 0.29) is 13.1 Å². The Bertz CT molecular complexity index is 441. The van der Waals surface area contributed by atoms with Crippen molar-refractivity contribution in [3.63, 3.8) is 0 Å². The van der Waals surface area contributed by atoms with Crippen molar-refractivity contribution in [1.82, 2.24) is 0 Å². The van der Waals surface area contributed by atoms with Crippen LogP contribution in [0.25, 0.3) is 0 Å². The van der Waals surface area contributed by atoms with Gasteiger partial charge in [-0.25, -0.2) is 0 Å². The standard InChI is InChI=1S/C19H36OP2/c1-14(21(17(2,3)4)18(5,6)7)15-12-11-13-16(15)22(20)19(8,9)10/h11,13-14,20H,12H2,1-10H3/t14-,22?/m1/s1. The first-order chi connectivity index (χ1) is 9.67. The van der Waals surface area contributed by atoms with Crippen molar-refractivity contribution in [2.45, 2.75) is 96.8 Å². The highest BCUT2D eigenvalue weighted by Gasteiger charge is 2.41. The predicted molar refractivity (Wildman–Crippen MR) is 106 cm³/mol. The molecule has 1 N–H and O–H groups in total. The largest absolute Gasteiger partial charge is 0.368 e. The summed E-state index contributed by atoms with van der Waals surface area (Å²) in [5.74, 6) is 0. The van der Waals surface area contributed by atoms with Gasteiger partial charge in [-0.3, -0.25) is 0 Å². The van der Waals surface area contributed by atoms with Crippen LogP contribution in [0.4, 0.5) is 0 Å². The van der Waals surface area contributed by atoms with Crippen molar-refractivity contribution in [2.24, 2.45) is 0 Å². The van der Waals surface area contributed by atoms with Crippen LogP contribution in [0.2, 0.25) is 0 Å². The number of rotatable bonds is 3. The van der Waals surface area contributed by atoms with Crippen molar-refractivity contribution >= 4 is 16.1 Å². The van der Waals surface area contributed by atoms with Gasteiger partial charge in [0.25, 0.3) is 0 Å². The molecule has 0 aromatic rings. The van der Waals surface area contributed by atoms with Crippen molar-refractivity contribution in [3.05, 3.63) is 23.0 Å². The molecule has 1 unspecified atom stereocenters. The fraction of sp³-hybridized carbons (Fsp3) is 0.789. The van der Waals surface area contributed by atoms with Gasteiger partial charge in [-0.2, -0.15) is 0 Å². The van der Waals surface area contributed by atoms with E-state index in [0.717, 1.165) is 6.42 Å². The van der Waals surface area contributed by atoms with Crippen molar-refractivity contribution < 1.29 is 4.89 Å². The fourth-order valence-electron chi connectivity index (χ4n) is 3.79. The first-order valence-electron chi connectivity index (χ1n) is 8.35. The molecule has 0 saturated carbocycles. The van der Waals surface area contributed by atoms with E-state index in [1.54, 1.807) is 0 Å². The molecule has 1 nitrogen and oxygen atoms in total. The maximum atomic E-state index is 10.9. The van der Waals surface area contributed by atoms with Gasteiger partial charge in [-0.15, -0.1) is 0 Å². The second kappa shape index (κ2) is 6.66. The fourth-order valence-corrected chi connectivity index (χ4v) is 10.3. The molecule has 0 fully saturated rings. The average Bonchev–Trinajstić information content (AvgIpc) is 2.70. The molecule has 0 aromatic carbocycles. The topological polar surface area (TPSA) is 20.2 Å². The highest BCUT2D eigenvalue weighted by molar-refractivity contribution is 7.62. The molecule has 128 valence electrons. The molecule has 0 aromatic heterocycles. The van der Waals surface area contributed by atoms with Crippen LogP contribution in [-0.4, -0.2) is 26.0 Å². The summed E-state index contributed by atoms with van der Waals surface area (Å²) in [5, 5.41) is 1.83. The van der Waals surface area contributed by atoms with Crippen LogP contribution >= 0.6 is 16.1 Å². The van der Waals surface area contributed by atoms with Gasteiger partial charge < -0.3 is 4.89 Å². The minimum absolute atomic E-state index is 0.0451. The minimum Gasteiger partial charge on any atom is -0.368 e. The smallest absolute Gasteiger partial charge is 0.0618 e. The van der Waals surface area contributed by atoms with E-state index in [4.69, 9.17) is 0 Å². The molecular formula is C19H36OP2. The van der Waals surface area contributed by atoms with Crippen molar-refractivity contribution in [2.75, 3.05) is 0 Å². The summed E-state index contributed by atoms with van der Waals surface area (Å²) in [4.78, 5) is 10.9. The van der Waals surface area contributed by atoms with Crippen LogP contribution in [0.3, 0.4) is 0 Å². The summed E-state index contributed by atoms with van der Waals surface area (Å²) in [6.07, 6.45) is 5.47. The summed E-state index contributed by atoms with van der Waals surface area (Å²) in [6.45, 7) is 23.1. The third-order valence-corrected chi connectivity index (χ3v) is 10.3. The SMILES string of the molecule is C[C@H](C1=C(P(O)C(C)(C)C)C=CC1)P(C(C)(C)C)C(C)(C)C. The summed E-state index contributed by atoms with van der Waals surface area (Å²) >= 11 is 0. The molecule has 2 atom stereocenters. The molecule has 0 bridgehead atoms. The molecule has 0 aliphatic heterocycles. The van der Waals surface area contributed by atoms with Gasteiger partial charge in [0.1, 0.15) is 0 Å². The average molecular weight is 342 g/mol. The van der Waals surface area contributed by atoms with Crippen molar-refractivity contribution in [3.8, 4) is 0 Å². The quantitative estimate of drug-likeness (QED) is 0.556. The number of hydrogen-bond acceptors (Lipinski definition) is 1. The second-order valence-electron chi connectivity index (χ2n) is 9.39. The predicted octanol–water partition coefficient (Wildman–Crippen LogP) is 6.86. The molecule has 0 amide bonds. The summed E-state index contributed by atoms with van der Waals surface area (Å²) in [7, 11) is -1.29. The lowest BCUT2D eigenvalue weighted by Crippen LogP contribution is -2.31. The highest BCUT2D eigenvalue weighted by atomic mass is 31.1. The molecule has 0 radical (unpaired) electrons. The molecule has 22 heavy (non-hydrogen) atoms. The number of allylic oxidation sites excluding steroid dienone is 4. The van der Waals surface area contributed by atoms with E-state index < -0.39 is 8.15 Å². The molecule has 3 heteroatoms. The van der Waals surface area contributed by atoms with Gasteiger partial charge in [0.05, 0.1) is 8.15 Å². The third kappa shape index (κ3) is 4.66. The van der Waals surface area contributed by atoms with E-state index in [2.05, 4.69) is 81.4 Å². The van der Waals surface area contributed by atoms with E-state index >= 15 is 0 Å². The second-order valence-corrected chi connectivity index (χ2v) is 16.0. The first-order valence-corrected chi connectivity index (χ1v) is 11.1. The van der Waals surface area contributed by atoms with E-state index in [1.807, 2.05) is 0 Å². The van der Waals surface area contributed by atoms with Crippen LogP contribution in [0, 0.1) is 0 Å². The van der Waals surface area contributed by atoms with Gasteiger partial charge >= 0.3 is 0 Å². The Morgan fingerprint density at radius 3 is 1.73 bits per heavy atom. The van der Waals surface area contributed by atoms with Gasteiger partial charge in [-0.05, 0) is 28.0 Å². The Balaban J connectivity index is 3.27. The highest BCUT2D eigenvalue weighted by Crippen LogP contribution is 2.66. The minimum atomic E-state index is -1.09. The molecule has 1 rings (SSSR count). The van der Waals surface area contributed by atoms with Crippen LogP contribution in [-0.2, 0) is 0 Å². The zero-order chi connectivity index (χ0) is 17.5. The van der Waals surface area contributed by atoms with Crippen LogP contribution < -0.4 is 0 Å². The Morgan fingerprint density at radius 2 is 1.36 bits per heavy atom. The van der Waals surface area contributed by atoms with Crippen LogP contribution in [0.5, 0.6) is 0 Å². The molecule has 0 heterocycles. The molecule has 0 spiro atoms. The molecule has 1 aliphatic rings. The van der Waals surface area contributed by atoms with Gasteiger partial charge in [0.15, 0.2) is 0 Å². The Morgan fingerprint density at radius 1 is 0.909 bits per heavy atom. The Labute approximate surface area is 141 Å². The summed E-state index contributed by atoms with van der Waals surface area (Å²) in [5.41, 5.74) is 2.05. The Kier molecular flexibility index (Phi) is 6.16. The van der Waals surface area contributed by atoms with Crippen LogP contribution in [0.1, 0.15) is 75.7 Å². The maximum absolute atomic E-state index is 10.9. The maximum Gasteiger partial charge on any atom is 0.0618 e. The lowest BCUT2D eigenvalue weighted by atomic mass is 10.2. The zero-order valence-electron chi connectivity index (χ0n) is 16.3. The molecular weight excluding hydrogens is 306 g/mol. The van der Waals surface area contributed by atoms with Gasteiger partial charge in [-0.1, -0.05) is 89.3 Å². The zero-order valence-corrected chi connectivity index (χ0v) is 18.1. The Hall–Kier alpha value is 0.300. The summed E-state index contributed by atoms with van der Waals surface area (Å²) in [6, 6.07) is 0. The molecule has 0 saturated heterocycles. The number of hydrogen-bond donors (Lipinski definition) is 1. The van der Waals surface area contributed by atoms with E-state index in [0.29, 0.717) is 16.0 Å². The van der Waals surface area contributed by atoms with E-state index in [9.17, 15) is 4.89 Å². The lowest BCUT2D eigenvalue weighted by molar-refractivity contribution is 0.585. The monoisotopic (exact) mass is 342 g/mol.